The smallest absolute Gasteiger partial charge is 0.151 e. The van der Waals surface area contributed by atoms with Crippen LogP contribution in [0.5, 0.6) is 0 Å². The third-order valence-corrected chi connectivity index (χ3v) is 1.59. The van der Waals surface area contributed by atoms with Crippen molar-refractivity contribution in [2.75, 3.05) is 13.7 Å². The van der Waals surface area contributed by atoms with Crippen molar-refractivity contribution < 1.29 is 31.3 Å². The Bertz CT molecular complexity index is 166. The second-order valence-corrected chi connectivity index (χ2v) is 2.50. The summed E-state index contributed by atoms with van der Waals surface area (Å²) in [5, 5.41) is 35.8. The van der Waals surface area contributed by atoms with E-state index >= 15 is 0 Å². The lowest BCUT2D eigenvalue weighted by Gasteiger charge is -2.25. The van der Waals surface area contributed by atoms with Gasteiger partial charge in [-0.25, -0.2) is 0 Å². The van der Waals surface area contributed by atoms with Crippen molar-refractivity contribution in [2.45, 2.75) is 24.4 Å². The molecule has 0 heterocycles. The van der Waals surface area contributed by atoms with Gasteiger partial charge >= 0.3 is 0 Å². The van der Waals surface area contributed by atoms with Crippen molar-refractivity contribution in [3.8, 4) is 0 Å². The first kappa shape index (κ1) is 10.6. The SMILES string of the molecule is [2H]CO[C@H]([C@H](O)[C@H](O)CO)[C@@H](O)C=O. The van der Waals surface area contributed by atoms with Gasteiger partial charge in [0.1, 0.15) is 24.4 Å². The van der Waals surface area contributed by atoms with Crippen LogP contribution >= 0.6 is 0 Å². The van der Waals surface area contributed by atoms with Gasteiger partial charge in [0.15, 0.2) is 6.29 Å². The third-order valence-electron chi connectivity index (χ3n) is 1.59. The van der Waals surface area contributed by atoms with Crippen LogP contribution in [-0.4, -0.2) is 64.8 Å². The predicted octanol–water partition coefficient (Wildman–Crippen LogP) is -2.72. The average Bonchev–Trinajstić information content (AvgIpc) is 2.22. The second-order valence-electron chi connectivity index (χ2n) is 2.50. The number of aliphatic hydroxyl groups excluding tert-OH is 4. The van der Waals surface area contributed by atoms with E-state index in [2.05, 4.69) is 4.74 Å². The molecule has 6 nitrogen and oxygen atoms in total. The number of ether oxygens (including phenoxy) is 1. The summed E-state index contributed by atoms with van der Waals surface area (Å²) >= 11 is 0. The van der Waals surface area contributed by atoms with Gasteiger partial charge in [-0.3, -0.25) is 0 Å². The van der Waals surface area contributed by atoms with Crippen molar-refractivity contribution >= 4 is 6.29 Å². The van der Waals surface area contributed by atoms with Crippen molar-refractivity contribution in [1.82, 2.24) is 0 Å². The van der Waals surface area contributed by atoms with E-state index in [1.54, 1.807) is 0 Å². The van der Waals surface area contributed by atoms with Crippen LogP contribution in [-0.2, 0) is 9.53 Å². The molecular formula is C7H14O6. The first-order chi connectivity index (χ1) is 6.58. The lowest BCUT2D eigenvalue weighted by Crippen LogP contribution is -2.47. The Balaban J connectivity index is 4.38. The number of aliphatic hydroxyl groups is 4. The number of hydrogen-bond acceptors (Lipinski definition) is 6. The van der Waals surface area contributed by atoms with Gasteiger partial charge in [0.25, 0.3) is 0 Å². The van der Waals surface area contributed by atoms with Crippen molar-refractivity contribution in [2.24, 2.45) is 0 Å². The van der Waals surface area contributed by atoms with Crippen LogP contribution in [0.3, 0.4) is 0 Å². The van der Waals surface area contributed by atoms with Gasteiger partial charge in [-0.05, 0) is 0 Å². The summed E-state index contributed by atoms with van der Waals surface area (Å²) in [6.07, 6.45) is -6.08. The number of methoxy groups -OCH3 is 1. The highest BCUT2D eigenvalue weighted by Gasteiger charge is 2.31. The Kier molecular flexibility index (Phi) is 4.87. The highest BCUT2D eigenvalue weighted by molar-refractivity contribution is 5.56. The van der Waals surface area contributed by atoms with E-state index in [1.807, 2.05) is 0 Å². The number of aldehydes is 1. The normalized spacial score (nSPS) is 21.4. The Morgan fingerprint density at radius 1 is 1.54 bits per heavy atom. The first-order valence-corrected chi connectivity index (χ1v) is 3.59. The minimum Gasteiger partial charge on any atom is -0.394 e. The van der Waals surface area contributed by atoms with E-state index < -0.39 is 38.1 Å². The maximum atomic E-state index is 10.2. The van der Waals surface area contributed by atoms with Crippen molar-refractivity contribution in [1.29, 1.82) is 0 Å². The van der Waals surface area contributed by atoms with E-state index in [1.165, 1.54) is 0 Å². The molecule has 6 heteroatoms. The maximum Gasteiger partial charge on any atom is 0.151 e. The minimum atomic E-state index is -1.64. The molecule has 0 fully saturated rings. The van der Waals surface area contributed by atoms with Crippen LogP contribution in [0.2, 0.25) is 0 Å². The lowest BCUT2D eigenvalue weighted by atomic mass is 10.0. The summed E-state index contributed by atoms with van der Waals surface area (Å²) < 4.78 is 11.2. The Morgan fingerprint density at radius 3 is 2.54 bits per heavy atom. The number of hydrogen-bond donors (Lipinski definition) is 4. The molecule has 4 N–H and O–H groups in total. The van der Waals surface area contributed by atoms with Crippen LogP contribution < -0.4 is 0 Å². The van der Waals surface area contributed by atoms with E-state index in [4.69, 9.17) is 16.7 Å². The van der Waals surface area contributed by atoms with Gasteiger partial charge in [0.2, 0.25) is 0 Å². The first-order valence-electron chi connectivity index (χ1n) is 4.30. The molecule has 0 unspecified atom stereocenters. The van der Waals surface area contributed by atoms with E-state index in [-0.39, 0.29) is 6.29 Å². The zero-order valence-electron chi connectivity index (χ0n) is 7.91. The fraction of sp³-hybridized carbons (Fsp3) is 0.857. The molecule has 0 aromatic carbocycles. The molecule has 0 aromatic heterocycles. The molecule has 0 radical (unpaired) electrons. The summed E-state index contributed by atoms with van der Waals surface area (Å²) in [4.78, 5) is 10.2. The van der Waals surface area contributed by atoms with E-state index in [9.17, 15) is 9.90 Å². The quantitative estimate of drug-likeness (QED) is 0.343. The standard InChI is InChI=1S/C7H14O6/c1-13-7(5(11)3-9)6(12)4(10)2-8/h3-8,10-12H,2H2,1H3/t4-,5+,6-,7+/m1/s1/i1D. The highest BCUT2D eigenvalue weighted by Crippen LogP contribution is 2.07. The Morgan fingerprint density at radius 2 is 2.15 bits per heavy atom. The largest absolute Gasteiger partial charge is 0.394 e. The summed E-state index contributed by atoms with van der Waals surface area (Å²) in [5.74, 6) is 0. The summed E-state index contributed by atoms with van der Waals surface area (Å²) in [7, 11) is -0.579. The van der Waals surface area contributed by atoms with Crippen LogP contribution in [0.25, 0.3) is 0 Å². The average molecular weight is 195 g/mol. The zero-order valence-corrected chi connectivity index (χ0v) is 6.91. The number of carbonyl (C=O) groups excluding carboxylic acids is 1. The molecule has 0 aliphatic heterocycles. The molecule has 0 saturated heterocycles. The van der Waals surface area contributed by atoms with Crippen molar-refractivity contribution in [3.05, 3.63) is 0 Å². The van der Waals surface area contributed by atoms with Crippen LogP contribution in [0, 0.1) is 0 Å². The lowest BCUT2D eigenvalue weighted by molar-refractivity contribution is -0.143. The van der Waals surface area contributed by atoms with Gasteiger partial charge in [0.05, 0.1) is 7.98 Å². The molecular weight excluding hydrogens is 180 g/mol. The van der Waals surface area contributed by atoms with Crippen LogP contribution in [0.1, 0.15) is 1.37 Å². The van der Waals surface area contributed by atoms with Crippen LogP contribution in [0.15, 0.2) is 0 Å². The molecule has 0 amide bonds. The second kappa shape index (κ2) is 6.01. The minimum absolute atomic E-state index is 0.119. The molecule has 0 saturated carbocycles. The molecule has 78 valence electrons. The zero-order chi connectivity index (χ0) is 11.1. The Labute approximate surface area is 76.8 Å². The fourth-order valence-corrected chi connectivity index (χ4v) is 0.804. The van der Waals surface area contributed by atoms with Crippen molar-refractivity contribution in [3.63, 3.8) is 0 Å². The number of rotatable bonds is 6. The molecule has 4 atom stereocenters. The topological polar surface area (TPSA) is 107 Å². The molecule has 0 bridgehead atoms. The van der Waals surface area contributed by atoms with Gasteiger partial charge in [0, 0.05) is 7.09 Å². The van der Waals surface area contributed by atoms with Gasteiger partial charge < -0.3 is 30.0 Å². The molecule has 0 aliphatic rings. The monoisotopic (exact) mass is 195 g/mol. The van der Waals surface area contributed by atoms with Gasteiger partial charge in [-0.1, -0.05) is 0 Å². The molecule has 0 spiro atoms. The van der Waals surface area contributed by atoms with Crippen LogP contribution in [0.4, 0.5) is 0 Å². The summed E-state index contributed by atoms with van der Waals surface area (Å²) in [6.45, 7) is -0.732. The summed E-state index contributed by atoms with van der Waals surface area (Å²) in [5.41, 5.74) is 0. The third kappa shape index (κ3) is 3.37. The molecule has 13 heavy (non-hydrogen) atoms. The van der Waals surface area contributed by atoms with Gasteiger partial charge in [-0.2, -0.15) is 0 Å². The van der Waals surface area contributed by atoms with Gasteiger partial charge in [-0.15, -0.1) is 0 Å². The fourth-order valence-electron chi connectivity index (χ4n) is 0.804. The maximum absolute atomic E-state index is 10.2. The highest BCUT2D eigenvalue weighted by atomic mass is 16.5. The number of carbonyl (C=O) groups is 1. The van der Waals surface area contributed by atoms with E-state index in [0.29, 0.717) is 0 Å². The summed E-state index contributed by atoms with van der Waals surface area (Å²) in [6, 6.07) is 0. The molecule has 0 rings (SSSR count). The predicted molar refractivity (Wildman–Crippen MR) is 42.0 cm³/mol. The Hall–Kier alpha value is -0.530. The molecule has 0 aliphatic carbocycles. The molecule has 0 aromatic rings. The van der Waals surface area contributed by atoms with E-state index in [0.717, 1.165) is 0 Å².